The van der Waals surface area contributed by atoms with E-state index in [1.807, 2.05) is 0 Å². The van der Waals surface area contributed by atoms with Gasteiger partial charge in [-0.25, -0.2) is 0 Å². The van der Waals surface area contributed by atoms with Crippen molar-refractivity contribution in [3.63, 3.8) is 0 Å². The first-order chi connectivity index (χ1) is 7.13. The summed E-state index contributed by atoms with van der Waals surface area (Å²) in [7, 11) is 0. The molecule has 0 bridgehead atoms. The van der Waals surface area contributed by atoms with Crippen molar-refractivity contribution in [3.8, 4) is 0 Å². The number of hydrogen-bond donors (Lipinski definition) is 2. The van der Waals surface area contributed by atoms with Crippen molar-refractivity contribution >= 4 is 17.5 Å². The Labute approximate surface area is 92.3 Å². The van der Waals surface area contributed by atoms with Crippen LogP contribution in [-0.2, 0) is 0 Å². The summed E-state index contributed by atoms with van der Waals surface area (Å²) in [5.41, 5.74) is 0.432. The molecule has 0 spiro atoms. The second-order valence-corrected chi connectivity index (χ2v) is 4.18. The Morgan fingerprint density at radius 1 is 1.60 bits per heavy atom. The van der Waals surface area contributed by atoms with Gasteiger partial charge in [0.25, 0.3) is 0 Å². The molecule has 1 aromatic rings. The minimum absolute atomic E-state index is 0.0676. The number of thioether (sulfide) groups is 1. The van der Waals surface area contributed by atoms with Crippen LogP contribution in [0.1, 0.15) is 17.4 Å². The molecule has 0 saturated carbocycles. The van der Waals surface area contributed by atoms with Crippen LogP contribution in [0.3, 0.4) is 0 Å². The molecule has 0 aromatic carbocycles. The number of aliphatic hydroxyl groups excluding tert-OH is 2. The average Bonchev–Trinajstić information content (AvgIpc) is 2.26. The van der Waals surface area contributed by atoms with Crippen molar-refractivity contribution in [1.29, 1.82) is 0 Å². The van der Waals surface area contributed by atoms with E-state index in [1.165, 1.54) is 18.7 Å². The second kappa shape index (κ2) is 5.85. The summed E-state index contributed by atoms with van der Waals surface area (Å²) in [6, 6.07) is 3.43. The molecule has 0 aliphatic rings. The lowest BCUT2D eigenvalue weighted by Crippen LogP contribution is -2.14. The summed E-state index contributed by atoms with van der Waals surface area (Å²) < 4.78 is 0. The molecule has 2 N–H and O–H groups in total. The number of carbonyl (C=O) groups excluding carboxylic acids is 1. The Balaban J connectivity index is 2.53. The molecular formula is C10H13NO3S. The standard InChI is InChI=1S/C10H13NO3S/c1-7(13)10-3-2-9(4-11-10)15-6-8(14)5-12/h2-4,8,12,14H,5-6H2,1H3. The molecule has 0 aliphatic carbocycles. The fourth-order valence-corrected chi connectivity index (χ4v) is 1.70. The van der Waals surface area contributed by atoms with Crippen LogP contribution in [0, 0.1) is 0 Å². The predicted molar refractivity (Wildman–Crippen MR) is 58.1 cm³/mol. The summed E-state index contributed by atoms with van der Waals surface area (Å²) in [6.45, 7) is 1.22. The van der Waals surface area contributed by atoms with Crippen LogP contribution in [-0.4, -0.2) is 39.4 Å². The SMILES string of the molecule is CC(=O)c1ccc(SCC(O)CO)cn1. The molecule has 82 valence electrons. The third kappa shape index (κ3) is 3.99. The van der Waals surface area contributed by atoms with E-state index < -0.39 is 6.10 Å². The highest BCUT2D eigenvalue weighted by atomic mass is 32.2. The molecule has 4 nitrogen and oxygen atoms in total. The molecule has 1 unspecified atom stereocenters. The molecule has 1 heterocycles. The van der Waals surface area contributed by atoms with E-state index in [1.54, 1.807) is 18.3 Å². The Morgan fingerprint density at radius 2 is 2.33 bits per heavy atom. The lowest BCUT2D eigenvalue weighted by Gasteiger charge is -2.06. The molecule has 0 aliphatic heterocycles. The van der Waals surface area contributed by atoms with Gasteiger partial charge in [0.15, 0.2) is 5.78 Å². The van der Waals surface area contributed by atoms with Crippen LogP contribution in [0.5, 0.6) is 0 Å². The molecular weight excluding hydrogens is 214 g/mol. The lowest BCUT2D eigenvalue weighted by molar-refractivity contribution is 0.101. The molecule has 0 amide bonds. The number of pyridine rings is 1. The maximum absolute atomic E-state index is 10.9. The molecule has 0 saturated heterocycles. The topological polar surface area (TPSA) is 70.4 Å². The zero-order valence-corrected chi connectivity index (χ0v) is 9.20. The van der Waals surface area contributed by atoms with Crippen LogP contribution in [0.25, 0.3) is 0 Å². The van der Waals surface area contributed by atoms with E-state index in [0.717, 1.165) is 4.90 Å². The van der Waals surface area contributed by atoms with Crippen molar-refractivity contribution in [2.24, 2.45) is 0 Å². The van der Waals surface area contributed by atoms with E-state index in [0.29, 0.717) is 11.4 Å². The number of Topliss-reactive ketones (excluding diaryl/α,β-unsaturated/α-hetero) is 1. The fraction of sp³-hybridized carbons (Fsp3) is 0.400. The number of aliphatic hydroxyl groups is 2. The van der Waals surface area contributed by atoms with Gasteiger partial charge in [0.1, 0.15) is 5.69 Å². The molecule has 0 fully saturated rings. The Kier molecular flexibility index (Phi) is 4.74. The maximum atomic E-state index is 10.9. The first-order valence-corrected chi connectivity index (χ1v) is 5.50. The Morgan fingerprint density at radius 3 is 2.80 bits per heavy atom. The van der Waals surface area contributed by atoms with Crippen molar-refractivity contribution in [2.75, 3.05) is 12.4 Å². The molecule has 0 radical (unpaired) electrons. The number of nitrogens with zero attached hydrogens (tertiary/aromatic N) is 1. The van der Waals surface area contributed by atoms with Gasteiger partial charge in [0, 0.05) is 23.8 Å². The van der Waals surface area contributed by atoms with Gasteiger partial charge in [-0.15, -0.1) is 11.8 Å². The first kappa shape index (κ1) is 12.2. The highest BCUT2D eigenvalue weighted by Gasteiger charge is 2.04. The summed E-state index contributed by atoms with van der Waals surface area (Å²) in [5.74, 6) is 0.347. The largest absolute Gasteiger partial charge is 0.394 e. The van der Waals surface area contributed by atoms with Crippen LogP contribution in [0.4, 0.5) is 0 Å². The van der Waals surface area contributed by atoms with E-state index in [4.69, 9.17) is 10.2 Å². The second-order valence-electron chi connectivity index (χ2n) is 3.08. The zero-order valence-electron chi connectivity index (χ0n) is 8.38. The zero-order chi connectivity index (χ0) is 11.3. The molecule has 15 heavy (non-hydrogen) atoms. The highest BCUT2D eigenvalue weighted by molar-refractivity contribution is 7.99. The third-order valence-corrected chi connectivity index (χ3v) is 2.88. The van der Waals surface area contributed by atoms with Gasteiger partial charge in [-0.2, -0.15) is 0 Å². The van der Waals surface area contributed by atoms with Gasteiger partial charge in [-0.3, -0.25) is 9.78 Å². The van der Waals surface area contributed by atoms with Gasteiger partial charge in [-0.1, -0.05) is 0 Å². The molecule has 1 atom stereocenters. The van der Waals surface area contributed by atoms with Gasteiger partial charge in [0.05, 0.1) is 12.7 Å². The van der Waals surface area contributed by atoms with E-state index in [2.05, 4.69) is 4.98 Å². The minimum Gasteiger partial charge on any atom is -0.394 e. The normalized spacial score (nSPS) is 12.5. The number of aromatic nitrogens is 1. The van der Waals surface area contributed by atoms with Crippen molar-refractivity contribution in [3.05, 3.63) is 24.0 Å². The molecule has 5 heteroatoms. The van der Waals surface area contributed by atoms with E-state index in [9.17, 15) is 4.79 Å². The molecule has 1 rings (SSSR count). The highest BCUT2D eigenvalue weighted by Crippen LogP contribution is 2.17. The quantitative estimate of drug-likeness (QED) is 0.573. The maximum Gasteiger partial charge on any atom is 0.178 e. The summed E-state index contributed by atoms with van der Waals surface area (Å²) in [6.07, 6.45) is 0.869. The molecule has 1 aromatic heterocycles. The van der Waals surface area contributed by atoms with Crippen molar-refractivity contribution < 1.29 is 15.0 Å². The van der Waals surface area contributed by atoms with Crippen LogP contribution >= 0.6 is 11.8 Å². The van der Waals surface area contributed by atoms with Gasteiger partial charge in [0.2, 0.25) is 0 Å². The number of hydrogen-bond acceptors (Lipinski definition) is 5. The number of ketones is 1. The van der Waals surface area contributed by atoms with Crippen molar-refractivity contribution in [2.45, 2.75) is 17.9 Å². The van der Waals surface area contributed by atoms with Crippen LogP contribution < -0.4 is 0 Å². The van der Waals surface area contributed by atoms with Gasteiger partial charge >= 0.3 is 0 Å². The van der Waals surface area contributed by atoms with Crippen LogP contribution in [0.2, 0.25) is 0 Å². The lowest BCUT2D eigenvalue weighted by atomic mass is 10.3. The summed E-state index contributed by atoms with van der Waals surface area (Å²) in [4.78, 5) is 15.8. The van der Waals surface area contributed by atoms with E-state index in [-0.39, 0.29) is 12.4 Å². The van der Waals surface area contributed by atoms with Crippen molar-refractivity contribution in [1.82, 2.24) is 4.98 Å². The minimum atomic E-state index is -0.720. The number of rotatable bonds is 5. The number of carbonyl (C=O) groups is 1. The van der Waals surface area contributed by atoms with E-state index >= 15 is 0 Å². The predicted octanol–water partition coefficient (Wildman–Crippen LogP) is 0.730. The summed E-state index contributed by atoms with van der Waals surface area (Å²) in [5, 5.41) is 17.7. The Hall–Kier alpha value is -0.910. The monoisotopic (exact) mass is 227 g/mol. The van der Waals surface area contributed by atoms with Gasteiger partial charge in [-0.05, 0) is 12.1 Å². The third-order valence-electron chi connectivity index (χ3n) is 1.75. The Bertz CT molecular complexity index is 326. The first-order valence-electron chi connectivity index (χ1n) is 4.52. The van der Waals surface area contributed by atoms with Gasteiger partial charge < -0.3 is 10.2 Å². The average molecular weight is 227 g/mol. The fourth-order valence-electron chi connectivity index (χ4n) is 0.919. The van der Waals surface area contributed by atoms with Crippen LogP contribution in [0.15, 0.2) is 23.2 Å². The summed E-state index contributed by atoms with van der Waals surface area (Å²) >= 11 is 1.39. The smallest absolute Gasteiger partial charge is 0.178 e.